The molecule has 3 rings (SSSR count). The summed E-state index contributed by atoms with van der Waals surface area (Å²) in [5.74, 6) is 0.736. The highest BCUT2D eigenvalue weighted by Crippen LogP contribution is 2.22. The van der Waals surface area contributed by atoms with E-state index in [0.29, 0.717) is 31.0 Å². The third-order valence-corrected chi connectivity index (χ3v) is 6.03. The summed E-state index contributed by atoms with van der Waals surface area (Å²) in [5, 5.41) is 5.81. The molecule has 4 amide bonds. The standard InChI is InChI=1S/C23H34N4O3/c1-2-24-23(30)27-15-10-19(11-16-27)17-18-6-8-20(9-7-18)22(29)25-12-4-14-26-13-3-5-21(26)28/h6-9,19H,2-5,10-17H2,1H3,(H,24,30)(H,25,29). The number of carbonyl (C=O) groups is 3. The molecule has 2 fully saturated rings. The fraction of sp³-hybridized carbons (Fsp3) is 0.609. The third-order valence-electron chi connectivity index (χ3n) is 6.03. The van der Waals surface area contributed by atoms with Gasteiger partial charge in [0.05, 0.1) is 0 Å². The van der Waals surface area contributed by atoms with Gasteiger partial charge in [-0.2, -0.15) is 0 Å². The molecule has 0 aromatic heterocycles. The molecule has 7 heteroatoms. The molecule has 0 spiro atoms. The van der Waals surface area contributed by atoms with E-state index < -0.39 is 0 Å². The van der Waals surface area contributed by atoms with E-state index in [0.717, 1.165) is 58.3 Å². The lowest BCUT2D eigenvalue weighted by Crippen LogP contribution is -2.44. The fourth-order valence-corrected chi connectivity index (χ4v) is 4.24. The molecule has 0 bridgehead atoms. The average molecular weight is 415 g/mol. The minimum atomic E-state index is -0.0652. The SMILES string of the molecule is CCNC(=O)N1CCC(Cc2ccc(C(=O)NCCCN3CCCC3=O)cc2)CC1. The summed E-state index contributed by atoms with van der Waals surface area (Å²) < 4.78 is 0. The van der Waals surface area contributed by atoms with Crippen molar-refractivity contribution < 1.29 is 14.4 Å². The molecule has 2 aliphatic rings. The minimum Gasteiger partial charge on any atom is -0.352 e. The maximum atomic E-state index is 12.3. The van der Waals surface area contributed by atoms with E-state index in [1.807, 2.05) is 41.0 Å². The molecule has 0 aliphatic carbocycles. The molecule has 1 aromatic rings. The van der Waals surface area contributed by atoms with Crippen LogP contribution >= 0.6 is 0 Å². The molecule has 0 saturated carbocycles. The molecule has 2 aliphatic heterocycles. The van der Waals surface area contributed by atoms with Crippen molar-refractivity contribution in [2.24, 2.45) is 5.92 Å². The Morgan fingerprint density at radius 1 is 1.07 bits per heavy atom. The smallest absolute Gasteiger partial charge is 0.317 e. The van der Waals surface area contributed by atoms with E-state index in [1.54, 1.807) is 0 Å². The summed E-state index contributed by atoms with van der Waals surface area (Å²) in [7, 11) is 0. The summed E-state index contributed by atoms with van der Waals surface area (Å²) in [4.78, 5) is 39.6. The lowest BCUT2D eigenvalue weighted by molar-refractivity contribution is -0.127. The highest BCUT2D eigenvalue weighted by molar-refractivity contribution is 5.94. The van der Waals surface area contributed by atoms with Gasteiger partial charge in [0, 0.05) is 51.3 Å². The van der Waals surface area contributed by atoms with Crippen molar-refractivity contribution in [1.82, 2.24) is 20.4 Å². The molecule has 164 valence electrons. The van der Waals surface area contributed by atoms with Gasteiger partial charge in [-0.3, -0.25) is 9.59 Å². The van der Waals surface area contributed by atoms with Gasteiger partial charge >= 0.3 is 6.03 Å². The van der Waals surface area contributed by atoms with E-state index >= 15 is 0 Å². The first-order valence-electron chi connectivity index (χ1n) is 11.2. The van der Waals surface area contributed by atoms with Crippen LogP contribution in [0.2, 0.25) is 0 Å². The molecule has 0 unspecified atom stereocenters. The highest BCUT2D eigenvalue weighted by atomic mass is 16.2. The Kier molecular flexibility index (Phi) is 8.11. The van der Waals surface area contributed by atoms with Crippen molar-refractivity contribution in [2.75, 3.05) is 39.3 Å². The summed E-state index contributed by atoms with van der Waals surface area (Å²) >= 11 is 0. The first-order valence-corrected chi connectivity index (χ1v) is 11.2. The topological polar surface area (TPSA) is 81.8 Å². The zero-order valence-corrected chi connectivity index (χ0v) is 18.0. The van der Waals surface area contributed by atoms with Gasteiger partial charge in [0.15, 0.2) is 0 Å². The Bertz CT molecular complexity index is 726. The van der Waals surface area contributed by atoms with Crippen LogP contribution in [0, 0.1) is 5.92 Å². The maximum Gasteiger partial charge on any atom is 0.317 e. The van der Waals surface area contributed by atoms with Crippen molar-refractivity contribution in [1.29, 1.82) is 0 Å². The van der Waals surface area contributed by atoms with Crippen molar-refractivity contribution >= 4 is 17.8 Å². The van der Waals surface area contributed by atoms with Crippen molar-refractivity contribution in [2.45, 2.75) is 45.4 Å². The third kappa shape index (κ3) is 6.21. The van der Waals surface area contributed by atoms with E-state index in [4.69, 9.17) is 0 Å². The Balaban J connectivity index is 1.36. The van der Waals surface area contributed by atoms with Gasteiger partial charge in [0.2, 0.25) is 5.91 Å². The number of piperidine rings is 1. The van der Waals surface area contributed by atoms with Crippen LogP contribution in [0.3, 0.4) is 0 Å². The molecule has 1 aromatic carbocycles. The van der Waals surface area contributed by atoms with Crippen LogP contribution < -0.4 is 10.6 Å². The second kappa shape index (κ2) is 11.0. The van der Waals surface area contributed by atoms with Gasteiger partial charge in [-0.05, 0) is 62.6 Å². The van der Waals surface area contributed by atoms with Crippen LogP contribution in [-0.2, 0) is 11.2 Å². The van der Waals surface area contributed by atoms with Crippen LogP contribution in [0.5, 0.6) is 0 Å². The normalized spacial score (nSPS) is 17.3. The van der Waals surface area contributed by atoms with Gasteiger partial charge < -0.3 is 20.4 Å². The zero-order chi connectivity index (χ0) is 21.3. The minimum absolute atomic E-state index is 0.0401. The Morgan fingerprint density at radius 2 is 1.80 bits per heavy atom. The fourth-order valence-electron chi connectivity index (χ4n) is 4.24. The predicted molar refractivity (Wildman–Crippen MR) is 116 cm³/mol. The number of hydrogen-bond donors (Lipinski definition) is 2. The van der Waals surface area contributed by atoms with Crippen LogP contribution in [-0.4, -0.2) is 66.9 Å². The van der Waals surface area contributed by atoms with Gasteiger partial charge in [0.25, 0.3) is 5.91 Å². The average Bonchev–Trinajstić information content (AvgIpc) is 3.17. The molecule has 7 nitrogen and oxygen atoms in total. The van der Waals surface area contributed by atoms with Gasteiger partial charge in [-0.1, -0.05) is 12.1 Å². The second-order valence-electron chi connectivity index (χ2n) is 8.26. The van der Waals surface area contributed by atoms with Gasteiger partial charge in [0.1, 0.15) is 0 Å². The number of likely N-dealkylation sites (tertiary alicyclic amines) is 2. The van der Waals surface area contributed by atoms with Gasteiger partial charge in [-0.25, -0.2) is 4.79 Å². The van der Waals surface area contributed by atoms with Crippen LogP contribution in [0.15, 0.2) is 24.3 Å². The molecular weight excluding hydrogens is 380 g/mol. The van der Waals surface area contributed by atoms with Crippen LogP contribution in [0.1, 0.15) is 54.9 Å². The number of urea groups is 1. The van der Waals surface area contributed by atoms with E-state index in [9.17, 15) is 14.4 Å². The molecular formula is C23H34N4O3. The number of benzene rings is 1. The molecule has 0 radical (unpaired) electrons. The van der Waals surface area contributed by atoms with Gasteiger partial charge in [-0.15, -0.1) is 0 Å². The van der Waals surface area contributed by atoms with Crippen molar-refractivity contribution in [3.05, 3.63) is 35.4 Å². The number of carbonyl (C=O) groups excluding carboxylic acids is 3. The monoisotopic (exact) mass is 414 g/mol. The molecule has 0 atom stereocenters. The first kappa shape index (κ1) is 22.1. The molecule has 2 N–H and O–H groups in total. The molecule has 2 saturated heterocycles. The predicted octanol–water partition coefficient (Wildman–Crippen LogP) is 2.41. The van der Waals surface area contributed by atoms with E-state index in [1.165, 1.54) is 5.56 Å². The summed E-state index contributed by atoms with van der Waals surface area (Å²) in [5.41, 5.74) is 1.90. The lowest BCUT2D eigenvalue weighted by atomic mass is 9.90. The Hall–Kier alpha value is -2.57. The van der Waals surface area contributed by atoms with Crippen LogP contribution in [0.25, 0.3) is 0 Å². The summed E-state index contributed by atoms with van der Waals surface area (Å²) in [6.45, 7) is 6.35. The second-order valence-corrected chi connectivity index (χ2v) is 8.26. The number of nitrogens with zero attached hydrogens (tertiary/aromatic N) is 2. The largest absolute Gasteiger partial charge is 0.352 e. The van der Waals surface area contributed by atoms with E-state index in [-0.39, 0.29) is 17.8 Å². The summed E-state index contributed by atoms with van der Waals surface area (Å²) in [6.07, 6.45) is 5.40. The number of hydrogen-bond acceptors (Lipinski definition) is 3. The van der Waals surface area contributed by atoms with Crippen molar-refractivity contribution in [3.63, 3.8) is 0 Å². The molecule has 2 heterocycles. The zero-order valence-electron chi connectivity index (χ0n) is 18.0. The summed E-state index contributed by atoms with van der Waals surface area (Å²) in [6, 6.07) is 7.89. The number of amides is 4. The molecule has 30 heavy (non-hydrogen) atoms. The van der Waals surface area contributed by atoms with Crippen molar-refractivity contribution in [3.8, 4) is 0 Å². The number of nitrogens with one attached hydrogen (secondary N) is 2. The first-order chi connectivity index (χ1) is 14.6. The number of rotatable bonds is 8. The highest BCUT2D eigenvalue weighted by Gasteiger charge is 2.22. The Morgan fingerprint density at radius 3 is 2.43 bits per heavy atom. The van der Waals surface area contributed by atoms with Crippen LogP contribution in [0.4, 0.5) is 4.79 Å². The Labute approximate surface area is 179 Å². The lowest BCUT2D eigenvalue weighted by Gasteiger charge is -2.32. The quantitative estimate of drug-likeness (QED) is 0.641. The maximum absolute atomic E-state index is 12.3. The van der Waals surface area contributed by atoms with E-state index in [2.05, 4.69) is 10.6 Å².